The van der Waals surface area contributed by atoms with Crippen LogP contribution in [-0.4, -0.2) is 43.3 Å². The van der Waals surface area contributed by atoms with Crippen LogP contribution in [0.25, 0.3) is 0 Å². The Hall–Kier alpha value is -2.22. The summed E-state index contributed by atoms with van der Waals surface area (Å²) in [6.45, 7) is 4.04. The summed E-state index contributed by atoms with van der Waals surface area (Å²) in [5.41, 5.74) is 5.36. The molecule has 3 N–H and O–H groups in total. The Morgan fingerprint density at radius 2 is 1.10 bits per heavy atom. The van der Waals surface area contributed by atoms with Gasteiger partial charge in [0, 0.05) is 13.0 Å². The van der Waals surface area contributed by atoms with Gasteiger partial charge in [0.2, 0.25) is 0 Å². The minimum Gasteiger partial charge on any atom is -0.492 e. The number of unbranched alkanes of at least 4 members (excludes halogenated alkanes) is 15. The first-order chi connectivity index (χ1) is 25.4. The second kappa shape index (κ2) is 40.0. The molecule has 0 aliphatic carbocycles. The number of phosphoric acid groups is 1. The summed E-state index contributed by atoms with van der Waals surface area (Å²) in [6, 6.07) is 0. The lowest BCUT2D eigenvalue weighted by Gasteiger charge is -2.19. The van der Waals surface area contributed by atoms with Crippen molar-refractivity contribution in [2.24, 2.45) is 5.73 Å². The molecule has 0 heterocycles. The van der Waals surface area contributed by atoms with Crippen molar-refractivity contribution in [1.82, 2.24) is 0 Å². The van der Waals surface area contributed by atoms with E-state index in [9.17, 15) is 14.3 Å². The fraction of sp³-hybridized carbons (Fsp3) is 0.698. The van der Waals surface area contributed by atoms with E-state index in [4.69, 9.17) is 24.3 Å². The molecule has 0 aliphatic heterocycles. The molecule has 0 fully saturated rings. The second-order valence-electron chi connectivity index (χ2n) is 13.2. The van der Waals surface area contributed by atoms with Crippen molar-refractivity contribution in [3.05, 3.63) is 73.1 Å². The zero-order valence-electron chi connectivity index (χ0n) is 33.0. The third-order valence-electron chi connectivity index (χ3n) is 8.20. The number of allylic oxidation sites excluding steroid dienone is 11. The highest BCUT2D eigenvalue weighted by Gasteiger charge is 2.24. The molecule has 0 saturated carbocycles. The first-order valence-electron chi connectivity index (χ1n) is 20.5. The van der Waals surface area contributed by atoms with E-state index in [1.54, 1.807) is 6.26 Å². The quantitative estimate of drug-likeness (QED) is 0.0211. The van der Waals surface area contributed by atoms with Crippen LogP contribution in [0, 0.1) is 0 Å². The molecule has 1 unspecified atom stereocenters. The normalized spacial score (nSPS) is 14.2. The average molecular weight is 750 g/mol. The van der Waals surface area contributed by atoms with E-state index in [-0.39, 0.29) is 32.3 Å². The van der Waals surface area contributed by atoms with Gasteiger partial charge in [-0.2, -0.15) is 0 Å². The van der Waals surface area contributed by atoms with Crippen LogP contribution in [-0.2, 0) is 27.9 Å². The molecule has 0 radical (unpaired) electrons. The maximum Gasteiger partial charge on any atom is 0.472 e. The van der Waals surface area contributed by atoms with Crippen molar-refractivity contribution in [3.8, 4) is 0 Å². The molecule has 2 atom stereocenters. The molecular weight excluding hydrogens is 673 g/mol. The third kappa shape index (κ3) is 39.0. The molecule has 0 saturated heterocycles. The summed E-state index contributed by atoms with van der Waals surface area (Å²) in [5.74, 6) is -0.319. The highest BCUT2D eigenvalue weighted by atomic mass is 31.2. The summed E-state index contributed by atoms with van der Waals surface area (Å²) in [5, 5.41) is 0. The van der Waals surface area contributed by atoms with Crippen LogP contribution in [0.15, 0.2) is 73.1 Å². The van der Waals surface area contributed by atoms with Gasteiger partial charge in [-0.05, 0) is 89.5 Å². The van der Waals surface area contributed by atoms with Crippen LogP contribution in [0.5, 0.6) is 0 Å². The summed E-state index contributed by atoms with van der Waals surface area (Å²) >= 11 is 0. The molecule has 0 aromatic carbocycles. The fourth-order valence-corrected chi connectivity index (χ4v) is 5.91. The van der Waals surface area contributed by atoms with Gasteiger partial charge in [-0.3, -0.25) is 13.8 Å². The molecule has 0 aliphatic rings. The van der Waals surface area contributed by atoms with Crippen LogP contribution in [0.3, 0.4) is 0 Å². The zero-order chi connectivity index (χ0) is 38.1. The van der Waals surface area contributed by atoms with E-state index in [1.807, 2.05) is 6.08 Å². The first kappa shape index (κ1) is 49.8. The fourth-order valence-electron chi connectivity index (χ4n) is 5.14. The molecule has 0 aromatic heterocycles. The summed E-state index contributed by atoms with van der Waals surface area (Å²) in [4.78, 5) is 22.2. The second-order valence-corrected chi connectivity index (χ2v) is 14.6. The molecule has 0 aromatic rings. The Morgan fingerprint density at radius 1 is 0.615 bits per heavy atom. The summed E-state index contributed by atoms with van der Waals surface area (Å²) in [7, 11) is -4.28. The molecule has 8 nitrogen and oxygen atoms in total. The van der Waals surface area contributed by atoms with Gasteiger partial charge in [0.1, 0.15) is 6.61 Å². The van der Waals surface area contributed by atoms with Crippen molar-refractivity contribution in [1.29, 1.82) is 0 Å². The number of nitrogens with two attached hydrogens (primary N) is 1. The summed E-state index contributed by atoms with van der Waals surface area (Å²) < 4.78 is 33.1. The number of carbonyl (C=O) groups excluding carboxylic acids is 1. The van der Waals surface area contributed by atoms with Crippen LogP contribution in [0.1, 0.15) is 162 Å². The smallest absolute Gasteiger partial charge is 0.472 e. The lowest BCUT2D eigenvalue weighted by Crippen LogP contribution is -2.25. The van der Waals surface area contributed by atoms with Crippen molar-refractivity contribution >= 4 is 13.8 Å². The van der Waals surface area contributed by atoms with Gasteiger partial charge in [-0.15, -0.1) is 0 Å². The van der Waals surface area contributed by atoms with Crippen LogP contribution in [0.2, 0.25) is 0 Å². The number of hydrogen-bond donors (Lipinski definition) is 2. The maximum absolute atomic E-state index is 12.4. The Bertz CT molecular complexity index is 1020. The predicted octanol–water partition coefficient (Wildman–Crippen LogP) is 12.3. The molecular formula is C43H76NO7P. The molecule has 52 heavy (non-hydrogen) atoms. The lowest BCUT2D eigenvalue weighted by atomic mass is 10.1. The topological polar surface area (TPSA) is 117 Å². The molecule has 0 amide bonds. The number of carbonyl (C=O) groups is 1. The molecule has 300 valence electrons. The number of hydrogen-bond acceptors (Lipinski definition) is 7. The third-order valence-corrected chi connectivity index (χ3v) is 9.18. The highest BCUT2D eigenvalue weighted by Crippen LogP contribution is 2.43. The Labute approximate surface area is 318 Å². The van der Waals surface area contributed by atoms with E-state index < -0.39 is 13.9 Å². The minimum absolute atomic E-state index is 0.0851. The lowest BCUT2D eigenvalue weighted by molar-refractivity contribution is -0.147. The highest BCUT2D eigenvalue weighted by molar-refractivity contribution is 7.47. The predicted molar refractivity (Wildman–Crippen MR) is 219 cm³/mol. The molecule has 0 spiro atoms. The van der Waals surface area contributed by atoms with Crippen molar-refractivity contribution < 1.29 is 32.8 Å². The van der Waals surface area contributed by atoms with Crippen LogP contribution < -0.4 is 5.73 Å². The van der Waals surface area contributed by atoms with Crippen molar-refractivity contribution in [2.75, 3.05) is 26.4 Å². The SMILES string of the molecule is CCC=CCC=CCC=CCC=CCCCCCCC(=O)OC[C@H](COP(=O)(O)OCCN)OC=CCCCCCCC=CCCCCCCCC. The van der Waals surface area contributed by atoms with Gasteiger partial charge in [0.15, 0.2) is 6.10 Å². The van der Waals surface area contributed by atoms with Crippen LogP contribution in [0.4, 0.5) is 0 Å². The van der Waals surface area contributed by atoms with E-state index >= 15 is 0 Å². The van der Waals surface area contributed by atoms with E-state index in [0.717, 1.165) is 83.5 Å². The maximum atomic E-state index is 12.4. The molecule has 0 bridgehead atoms. The standard InChI is InChI=1S/C43H76NO7P/c1-3-5-7-9-11-13-15-17-19-21-22-24-26-28-30-32-34-36-43(45)49-40-42(41-51-52(46,47)50-39-37-44)48-38-35-33-31-29-27-25-23-20-18-16-14-12-10-8-6-4-2/h5,7,11,13,17-20,22,24,35,38,42H,3-4,6,8-10,12,14-16,21,23,25-34,36-37,39-41,44H2,1-2H3,(H,46,47)/t42-/m1/s1. The van der Waals surface area contributed by atoms with Gasteiger partial charge < -0.3 is 20.1 Å². The Balaban J connectivity index is 4.19. The van der Waals surface area contributed by atoms with Crippen molar-refractivity contribution in [2.45, 2.75) is 168 Å². The molecule has 0 rings (SSSR count). The number of phosphoric ester groups is 1. The Morgan fingerprint density at radius 3 is 1.65 bits per heavy atom. The van der Waals surface area contributed by atoms with E-state index in [1.165, 1.54) is 57.8 Å². The monoisotopic (exact) mass is 750 g/mol. The van der Waals surface area contributed by atoms with Gasteiger partial charge in [-0.25, -0.2) is 4.57 Å². The number of esters is 1. The van der Waals surface area contributed by atoms with E-state index in [0.29, 0.717) is 6.42 Å². The number of ether oxygens (including phenoxy) is 2. The largest absolute Gasteiger partial charge is 0.492 e. The zero-order valence-corrected chi connectivity index (χ0v) is 33.9. The Kier molecular flexibility index (Phi) is 38.3. The molecule has 9 heteroatoms. The number of rotatable bonds is 38. The average Bonchev–Trinajstić information content (AvgIpc) is 3.14. The van der Waals surface area contributed by atoms with Gasteiger partial charge in [0.05, 0.1) is 19.5 Å². The van der Waals surface area contributed by atoms with E-state index in [2.05, 4.69) is 74.6 Å². The van der Waals surface area contributed by atoms with Gasteiger partial charge in [-0.1, -0.05) is 132 Å². The summed E-state index contributed by atoms with van der Waals surface area (Å²) in [6.07, 6.45) is 50.1. The minimum atomic E-state index is -4.28. The first-order valence-corrected chi connectivity index (χ1v) is 22.0. The van der Waals surface area contributed by atoms with Crippen molar-refractivity contribution in [3.63, 3.8) is 0 Å². The van der Waals surface area contributed by atoms with Gasteiger partial charge >= 0.3 is 13.8 Å². The van der Waals surface area contributed by atoms with Crippen LogP contribution >= 0.6 is 7.82 Å². The van der Waals surface area contributed by atoms with Gasteiger partial charge in [0.25, 0.3) is 0 Å².